The van der Waals surface area contributed by atoms with Crippen LogP contribution in [0.4, 0.5) is 0 Å². The predicted molar refractivity (Wildman–Crippen MR) is 41.3 cm³/mol. The number of carbonyl (C=O) groups is 1. The first-order chi connectivity index (χ1) is 4.88. The fourth-order valence-electron chi connectivity index (χ4n) is 1.14. The zero-order valence-corrected chi connectivity index (χ0v) is 6.10. The minimum absolute atomic E-state index is 0.102. The molecule has 2 heterocycles. The number of hydrogen-bond donors (Lipinski definition) is 1. The number of nitrogens with one attached hydrogen (secondary N) is 1. The van der Waals surface area contributed by atoms with E-state index in [9.17, 15) is 4.79 Å². The maximum absolute atomic E-state index is 11.1. The van der Waals surface area contributed by atoms with Crippen molar-refractivity contribution in [2.45, 2.75) is 5.25 Å². The van der Waals surface area contributed by atoms with Gasteiger partial charge in [0, 0.05) is 12.1 Å². The van der Waals surface area contributed by atoms with Gasteiger partial charge in [0.2, 0.25) is 5.91 Å². The van der Waals surface area contributed by atoms with Crippen LogP contribution in [-0.2, 0) is 4.79 Å². The molecule has 0 aliphatic carbocycles. The van der Waals surface area contributed by atoms with Gasteiger partial charge in [-0.3, -0.25) is 4.79 Å². The first-order valence-corrected chi connectivity index (χ1v) is 4.11. The minimum Gasteiger partial charge on any atom is -0.332 e. The highest BCUT2D eigenvalue weighted by atomic mass is 32.2. The van der Waals surface area contributed by atoms with Gasteiger partial charge in [0.1, 0.15) is 0 Å². The van der Waals surface area contributed by atoms with E-state index in [1.807, 2.05) is 11.5 Å². The molecule has 3 heteroatoms. The molecule has 2 rings (SSSR count). The van der Waals surface area contributed by atoms with Gasteiger partial charge in [0.15, 0.2) is 0 Å². The van der Waals surface area contributed by atoms with E-state index in [0.29, 0.717) is 5.92 Å². The summed E-state index contributed by atoms with van der Waals surface area (Å²) >= 11 is 1.59. The van der Waals surface area contributed by atoms with Crippen molar-refractivity contribution in [1.82, 2.24) is 5.32 Å². The van der Waals surface area contributed by atoms with Gasteiger partial charge in [0.05, 0.1) is 5.25 Å². The third-order valence-electron chi connectivity index (χ3n) is 1.68. The first kappa shape index (κ1) is 6.04. The highest BCUT2D eigenvalue weighted by molar-refractivity contribution is 8.03. The summed E-state index contributed by atoms with van der Waals surface area (Å²) in [5, 5.41) is 4.77. The molecule has 0 saturated heterocycles. The average molecular weight is 153 g/mol. The monoisotopic (exact) mass is 153 g/mol. The molecule has 2 nitrogen and oxygen atoms in total. The van der Waals surface area contributed by atoms with E-state index in [0.717, 1.165) is 0 Å². The molecule has 1 amide bonds. The molecule has 1 N–H and O–H groups in total. The van der Waals surface area contributed by atoms with Crippen LogP contribution in [0.15, 0.2) is 23.8 Å². The Morgan fingerprint density at radius 1 is 1.50 bits per heavy atom. The lowest BCUT2D eigenvalue weighted by Gasteiger charge is -2.17. The lowest BCUT2D eigenvalue weighted by molar-refractivity contribution is -0.120. The third kappa shape index (κ3) is 0.778. The molecule has 2 unspecified atom stereocenters. The van der Waals surface area contributed by atoms with Gasteiger partial charge in [-0.25, -0.2) is 0 Å². The van der Waals surface area contributed by atoms with Crippen molar-refractivity contribution in [3.8, 4) is 0 Å². The SMILES string of the molecule is O=C1NC=CC2C=CSC12. The molecule has 0 bridgehead atoms. The minimum atomic E-state index is 0.102. The normalized spacial score (nSPS) is 35.8. The number of thioether (sulfide) groups is 1. The van der Waals surface area contributed by atoms with Crippen molar-refractivity contribution in [2.24, 2.45) is 5.92 Å². The Morgan fingerprint density at radius 2 is 2.40 bits per heavy atom. The number of fused-ring (bicyclic) bond motifs is 1. The summed E-state index contributed by atoms with van der Waals surface area (Å²) in [4.78, 5) is 11.1. The molecule has 2 aliphatic heterocycles. The van der Waals surface area contributed by atoms with Crippen LogP contribution < -0.4 is 5.32 Å². The number of rotatable bonds is 0. The van der Waals surface area contributed by atoms with E-state index in [1.54, 1.807) is 18.0 Å². The molecule has 0 aromatic rings. The standard InChI is InChI=1S/C7H7NOS/c9-7-6-5(1-3-8-7)2-4-10-6/h1-6H,(H,8,9). The second-order valence-corrected chi connectivity index (χ2v) is 3.38. The van der Waals surface area contributed by atoms with E-state index in [2.05, 4.69) is 11.4 Å². The molecule has 0 spiro atoms. The number of amides is 1. The lowest BCUT2D eigenvalue weighted by Crippen LogP contribution is -2.35. The molecule has 10 heavy (non-hydrogen) atoms. The summed E-state index contributed by atoms with van der Waals surface area (Å²) in [6.45, 7) is 0. The summed E-state index contributed by atoms with van der Waals surface area (Å²) in [6.07, 6.45) is 5.80. The van der Waals surface area contributed by atoms with Crippen molar-refractivity contribution < 1.29 is 4.79 Å². The molecule has 0 radical (unpaired) electrons. The first-order valence-electron chi connectivity index (χ1n) is 3.17. The van der Waals surface area contributed by atoms with Crippen LogP contribution in [0.1, 0.15) is 0 Å². The Balaban J connectivity index is 2.27. The molecular formula is C7H7NOS. The van der Waals surface area contributed by atoms with Crippen molar-refractivity contribution in [3.63, 3.8) is 0 Å². The maximum Gasteiger partial charge on any atom is 0.238 e. The van der Waals surface area contributed by atoms with Crippen LogP contribution in [0.5, 0.6) is 0 Å². The van der Waals surface area contributed by atoms with Gasteiger partial charge < -0.3 is 5.32 Å². The Hall–Kier alpha value is -0.700. The Morgan fingerprint density at radius 3 is 3.20 bits per heavy atom. The number of hydrogen-bond acceptors (Lipinski definition) is 2. The van der Waals surface area contributed by atoms with Crippen molar-refractivity contribution in [2.75, 3.05) is 0 Å². The highest BCUT2D eigenvalue weighted by Crippen LogP contribution is 2.32. The zero-order valence-electron chi connectivity index (χ0n) is 5.28. The van der Waals surface area contributed by atoms with Crippen molar-refractivity contribution in [1.29, 1.82) is 0 Å². The Labute approximate surface area is 63.4 Å². The number of allylic oxidation sites excluding steroid dienone is 2. The van der Waals surface area contributed by atoms with E-state index >= 15 is 0 Å². The second kappa shape index (κ2) is 2.16. The Kier molecular flexibility index (Phi) is 1.31. The maximum atomic E-state index is 11.1. The fraction of sp³-hybridized carbons (Fsp3) is 0.286. The van der Waals surface area contributed by atoms with Gasteiger partial charge in [0.25, 0.3) is 0 Å². The molecule has 2 aliphatic rings. The van der Waals surface area contributed by atoms with Gasteiger partial charge in [-0.2, -0.15) is 0 Å². The molecule has 0 saturated carbocycles. The van der Waals surface area contributed by atoms with Gasteiger partial charge in [-0.05, 0) is 5.41 Å². The lowest BCUT2D eigenvalue weighted by atomic mass is 10.0. The quantitative estimate of drug-likeness (QED) is 0.559. The molecule has 0 aromatic heterocycles. The predicted octanol–water partition coefficient (Wildman–Crippen LogP) is 0.875. The second-order valence-electron chi connectivity index (χ2n) is 2.33. The number of carbonyl (C=O) groups excluding carboxylic acids is 1. The van der Waals surface area contributed by atoms with Crippen molar-refractivity contribution in [3.05, 3.63) is 23.8 Å². The van der Waals surface area contributed by atoms with E-state index in [-0.39, 0.29) is 11.2 Å². The fourth-order valence-corrected chi connectivity index (χ4v) is 2.13. The van der Waals surface area contributed by atoms with Crippen LogP contribution in [0, 0.1) is 5.92 Å². The summed E-state index contributed by atoms with van der Waals surface area (Å²) < 4.78 is 0. The third-order valence-corrected chi connectivity index (χ3v) is 2.81. The van der Waals surface area contributed by atoms with Crippen LogP contribution >= 0.6 is 11.8 Å². The van der Waals surface area contributed by atoms with Crippen molar-refractivity contribution >= 4 is 17.7 Å². The van der Waals surface area contributed by atoms with Gasteiger partial charge >= 0.3 is 0 Å². The zero-order chi connectivity index (χ0) is 6.97. The highest BCUT2D eigenvalue weighted by Gasteiger charge is 2.30. The molecule has 0 fully saturated rings. The van der Waals surface area contributed by atoms with E-state index in [4.69, 9.17) is 0 Å². The average Bonchev–Trinajstić information content (AvgIpc) is 2.36. The topological polar surface area (TPSA) is 29.1 Å². The van der Waals surface area contributed by atoms with E-state index in [1.165, 1.54) is 0 Å². The summed E-state index contributed by atoms with van der Waals surface area (Å²) in [7, 11) is 0. The largest absolute Gasteiger partial charge is 0.332 e. The Bertz CT molecular complexity index is 222. The molecule has 2 atom stereocenters. The smallest absolute Gasteiger partial charge is 0.238 e. The summed E-state index contributed by atoms with van der Waals surface area (Å²) in [6, 6.07) is 0. The van der Waals surface area contributed by atoms with Crippen LogP contribution in [-0.4, -0.2) is 11.2 Å². The summed E-state index contributed by atoms with van der Waals surface area (Å²) in [5.41, 5.74) is 0. The summed E-state index contributed by atoms with van der Waals surface area (Å²) in [5.74, 6) is 0.459. The molecular weight excluding hydrogens is 146 g/mol. The molecule has 52 valence electrons. The van der Waals surface area contributed by atoms with Crippen LogP contribution in [0.3, 0.4) is 0 Å². The molecule has 0 aromatic carbocycles. The van der Waals surface area contributed by atoms with Crippen LogP contribution in [0.25, 0.3) is 0 Å². The van der Waals surface area contributed by atoms with Gasteiger partial charge in [-0.1, -0.05) is 12.2 Å². The van der Waals surface area contributed by atoms with E-state index < -0.39 is 0 Å². The van der Waals surface area contributed by atoms with Crippen LogP contribution in [0.2, 0.25) is 0 Å². The van der Waals surface area contributed by atoms with Gasteiger partial charge in [-0.15, -0.1) is 11.8 Å².